The second-order valence-corrected chi connectivity index (χ2v) is 21.7. The van der Waals surface area contributed by atoms with Gasteiger partial charge in [-0.05, 0) is 38.5 Å². The fraction of sp³-hybridized carbons (Fsp3) is 0.948. The van der Waals surface area contributed by atoms with E-state index in [1.807, 2.05) is 0 Å². The number of ether oxygens (including phenoxy) is 2. The fourth-order valence-electron chi connectivity index (χ4n) is 9.06. The van der Waals surface area contributed by atoms with Crippen molar-refractivity contribution in [1.82, 2.24) is 0 Å². The Morgan fingerprint density at radius 3 is 1.09 bits per heavy atom. The van der Waals surface area contributed by atoms with E-state index in [0.717, 1.165) is 32.1 Å². The maximum Gasteiger partial charge on any atom is 0.472 e. The molecule has 2 atom stereocenters. The van der Waals surface area contributed by atoms with Crippen LogP contribution in [-0.4, -0.2) is 49.9 Å². The number of allylic oxidation sites excluding steroid dienone is 2. The minimum Gasteiger partial charge on any atom is -0.457 e. The average Bonchev–Trinajstić information content (AvgIpc) is 3.32. The summed E-state index contributed by atoms with van der Waals surface area (Å²) in [5, 5.41) is 0. The SMILES string of the molecule is CCCCCCCCCC/C=C\CCCCCCCCCCCCCCCCOCC(COP(=O)(O)OCCN)OC(=O)CCCCCCCCCCCCCCCCCCCCCCCC. The zero-order valence-electron chi connectivity index (χ0n) is 44.9. The normalized spacial score (nSPS) is 13.2. The lowest BCUT2D eigenvalue weighted by Crippen LogP contribution is -2.28. The Bertz CT molecular complexity index is 1040. The molecule has 0 aromatic rings. The van der Waals surface area contributed by atoms with Gasteiger partial charge in [-0.15, -0.1) is 0 Å². The molecule has 0 saturated carbocycles. The summed E-state index contributed by atoms with van der Waals surface area (Å²) < 4.78 is 33.7. The Labute approximate surface area is 417 Å². The van der Waals surface area contributed by atoms with E-state index in [-0.39, 0.29) is 32.3 Å². The summed E-state index contributed by atoms with van der Waals surface area (Å²) in [4.78, 5) is 22.7. The van der Waals surface area contributed by atoms with E-state index in [9.17, 15) is 14.3 Å². The zero-order chi connectivity index (χ0) is 48.7. The first-order chi connectivity index (χ1) is 32.9. The van der Waals surface area contributed by atoms with Gasteiger partial charge >= 0.3 is 13.8 Å². The lowest BCUT2D eigenvalue weighted by atomic mass is 10.0. The molecule has 0 radical (unpaired) electrons. The van der Waals surface area contributed by atoms with Gasteiger partial charge < -0.3 is 20.1 Å². The van der Waals surface area contributed by atoms with Crippen LogP contribution in [0.5, 0.6) is 0 Å². The summed E-state index contributed by atoms with van der Waals surface area (Å²) >= 11 is 0. The Morgan fingerprint density at radius 2 is 0.746 bits per heavy atom. The summed E-state index contributed by atoms with van der Waals surface area (Å²) in [6.07, 6.45) is 65.6. The average molecular weight is 971 g/mol. The number of rotatable bonds is 58. The van der Waals surface area contributed by atoms with Crippen molar-refractivity contribution >= 4 is 13.8 Å². The van der Waals surface area contributed by atoms with Crippen molar-refractivity contribution in [3.05, 3.63) is 12.2 Å². The third-order valence-electron chi connectivity index (χ3n) is 13.4. The number of hydrogen-bond donors (Lipinski definition) is 2. The van der Waals surface area contributed by atoms with Gasteiger partial charge in [0.25, 0.3) is 0 Å². The van der Waals surface area contributed by atoms with Gasteiger partial charge in [-0.3, -0.25) is 13.8 Å². The van der Waals surface area contributed by atoms with E-state index < -0.39 is 13.9 Å². The third kappa shape index (κ3) is 56.0. The van der Waals surface area contributed by atoms with Gasteiger partial charge in [0.15, 0.2) is 0 Å². The number of unbranched alkanes of at least 4 members (excludes halogenated alkanes) is 43. The van der Waals surface area contributed by atoms with E-state index in [1.165, 1.54) is 263 Å². The standard InChI is InChI=1S/C58H116NO7P/c1-3-5-7-9-11-13-15-17-19-21-23-25-27-28-29-30-32-34-36-38-40-42-44-46-48-50-53-63-55-57(56-65-67(61,62)64-54-52-59)66-58(60)51-49-47-45-43-41-39-37-35-33-31-26-24-22-20-18-16-14-12-10-8-6-4-2/h21,23,57H,3-20,22,24-56,59H2,1-2H3,(H,61,62)/b23-21-. The molecule has 3 N–H and O–H groups in total. The lowest BCUT2D eigenvalue weighted by molar-refractivity contribution is -0.154. The molecule has 67 heavy (non-hydrogen) atoms. The topological polar surface area (TPSA) is 117 Å². The molecular formula is C58H116NO7P. The van der Waals surface area contributed by atoms with Crippen molar-refractivity contribution in [3.8, 4) is 0 Å². The van der Waals surface area contributed by atoms with E-state index in [0.29, 0.717) is 13.0 Å². The van der Waals surface area contributed by atoms with Gasteiger partial charge in [-0.1, -0.05) is 283 Å². The monoisotopic (exact) mass is 970 g/mol. The van der Waals surface area contributed by atoms with Gasteiger partial charge in [-0.25, -0.2) is 4.57 Å². The number of carbonyl (C=O) groups is 1. The number of phosphoric acid groups is 1. The lowest BCUT2D eigenvalue weighted by Gasteiger charge is -2.20. The van der Waals surface area contributed by atoms with Crippen LogP contribution >= 0.6 is 7.82 Å². The van der Waals surface area contributed by atoms with Crippen LogP contribution in [0, 0.1) is 0 Å². The van der Waals surface area contributed by atoms with E-state index in [1.54, 1.807) is 0 Å². The van der Waals surface area contributed by atoms with E-state index in [4.69, 9.17) is 24.3 Å². The molecule has 9 heteroatoms. The van der Waals surface area contributed by atoms with Gasteiger partial charge in [0.05, 0.1) is 19.8 Å². The van der Waals surface area contributed by atoms with Gasteiger partial charge in [0, 0.05) is 19.6 Å². The molecule has 0 aromatic heterocycles. The summed E-state index contributed by atoms with van der Waals surface area (Å²) in [7, 11) is -4.28. The van der Waals surface area contributed by atoms with Gasteiger partial charge in [0.2, 0.25) is 0 Å². The van der Waals surface area contributed by atoms with Crippen LogP contribution in [0.25, 0.3) is 0 Å². The number of nitrogens with two attached hydrogens (primary N) is 1. The highest BCUT2D eigenvalue weighted by Crippen LogP contribution is 2.43. The van der Waals surface area contributed by atoms with Crippen molar-refractivity contribution in [1.29, 1.82) is 0 Å². The molecule has 0 fully saturated rings. The Kier molecular flexibility index (Phi) is 55.5. The quantitative estimate of drug-likeness (QED) is 0.0268. The predicted octanol–water partition coefficient (Wildman–Crippen LogP) is 18.9. The zero-order valence-corrected chi connectivity index (χ0v) is 45.8. The first kappa shape index (κ1) is 66.2. The first-order valence-corrected chi connectivity index (χ1v) is 31.2. The number of hydrogen-bond acceptors (Lipinski definition) is 7. The highest BCUT2D eigenvalue weighted by Gasteiger charge is 2.25. The summed E-state index contributed by atoms with van der Waals surface area (Å²) in [6.45, 7) is 5.01. The maximum absolute atomic E-state index is 12.7. The first-order valence-electron chi connectivity index (χ1n) is 29.7. The van der Waals surface area contributed by atoms with Crippen molar-refractivity contribution in [2.24, 2.45) is 5.73 Å². The van der Waals surface area contributed by atoms with Crippen molar-refractivity contribution in [2.45, 2.75) is 322 Å². The molecule has 0 aliphatic heterocycles. The predicted molar refractivity (Wildman–Crippen MR) is 289 cm³/mol. The van der Waals surface area contributed by atoms with Crippen LogP contribution in [0.15, 0.2) is 12.2 Å². The van der Waals surface area contributed by atoms with E-state index >= 15 is 0 Å². The molecule has 0 aliphatic carbocycles. The second-order valence-electron chi connectivity index (χ2n) is 20.2. The third-order valence-corrected chi connectivity index (χ3v) is 14.4. The number of phosphoric ester groups is 1. The smallest absolute Gasteiger partial charge is 0.457 e. The minimum atomic E-state index is -4.28. The van der Waals surface area contributed by atoms with Crippen molar-refractivity contribution in [2.75, 3.05) is 33.0 Å². The Hall–Kier alpha value is -0.760. The molecule has 0 rings (SSSR count). The van der Waals surface area contributed by atoms with Crippen molar-refractivity contribution < 1.29 is 32.8 Å². The van der Waals surface area contributed by atoms with Gasteiger partial charge in [0.1, 0.15) is 6.10 Å². The molecule has 400 valence electrons. The highest BCUT2D eigenvalue weighted by molar-refractivity contribution is 7.47. The molecule has 0 aromatic carbocycles. The molecule has 0 spiro atoms. The maximum atomic E-state index is 12.7. The molecule has 8 nitrogen and oxygen atoms in total. The van der Waals surface area contributed by atoms with Crippen molar-refractivity contribution in [3.63, 3.8) is 0 Å². The molecule has 0 bridgehead atoms. The highest BCUT2D eigenvalue weighted by atomic mass is 31.2. The van der Waals surface area contributed by atoms with Gasteiger partial charge in [-0.2, -0.15) is 0 Å². The molecule has 0 saturated heterocycles. The largest absolute Gasteiger partial charge is 0.472 e. The minimum absolute atomic E-state index is 0.0910. The van der Waals surface area contributed by atoms with Crippen LogP contribution in [0.1, 0.15) is 316 Å². The van der Waals surface area contributed by atoms with Crippen LogP contribution in [0.4, 0.5) is 0 Å². The summed E-state index contributed by atoms with van der Waals surface area (Å²) in [5.74, 6) is -0.320. The molecule has 0 amide bonds. The summed E-state index contributed by atoms with van der Waals surface area (Å²) in [5.41, 5.74) is 5.41. The fourth-order valence-corrected chi connectivity index (χ4v) is 9.82. The molecular weight excluding hydrogens is 854 g/mol. The van der Waals surface area contributed by atoms with E-state index in [2.05, 4.69) is 26.0 Å². The van der Waals surface area contributed by atoms with Crippen LogP contribution in [0.3, 0.4) is 0 Å². The van der Waals surface area contributed by atoms with Crippen LogP contribution < -0.4 is 5.73 Å². The van der Waals surface area contributed by atoms with Crippen LogP contribution in [-0.2, 0) is 27.9 Å². The second kappa shape index (κ2) is 56.2. The molecule has 0 aliphatic rings. The molecule has 2 unspecified atom stereocenters. The Morgan fingerprint density at radius 1 is 0.433 bits per heavy atom. The van der Waals surface area contributed by atoms with Crippen LogP contribution in [0.2, 0.25) is 0 Å². The summed E-state index contributed by atoms with van der Waals surface area (Å²) in [6, 6.07) is 0. The number of esters is 1. The molecule has 0 heterocycles. The number of carbonyl (C=O) groups excluding carboxylic acids is 1. The Balaban J connectivity index is 3.81.